The van der Waals surface area contributed by atoms with Crippen molar-refractivity contribution in [2.45, 2.75) is 43.7 Å². The van der Waals surface area contributed by atoms with E-state index in [-0.39, 0.29) is 61.6 Å². The molecule has 7 aromatic rings. The van der Waals surface area contributed by atoms with E-state index in [1.165, 1.54) is 36.0 Å². The summed E-state index contributed by atoms with van der Waals surface area (Å²) in [7, 11) is -1.55. The number of nitrogens with zero attached hydrogens (tertiary/aromatic N) is 7. The van der Waals surface area contributed by atoms with Crippen LogP contribution >= 0.6 is 11.6 Å². The number of anilines is 1. The first-order chi connectivity index (χ1) is 30.7. The van der Waals surface area contributed by atoms with E-state index >= 15 is 13.2 Å². The lowest BCUT2D eigenvalue weighted by Gasteiger charge is -2.24. The summed E-state index contributed by atoms with van der Waals surface area (Å²) in [5, 5.41) is 10.2. The number of ether oxygens (including phenoxy) is 1. The smallest absolute Gasteiger partial charge is 0.293 e. The number of hydrogen-bond acceptors (Lipinski definition) is 9. The topological polar surface area (TPSA) is 168 Å². The lowest BCUT2D eigenvalue weighted by molar-refractivity contribution is -0.123. The van der Waals surface area contributed by atoms with E-state index in [0.717, 1.165) is 42.2 Å². The number of sulfonamides is 1. The molecule has 0 saturated heterocycles. The van der Waals surface area contributed by atoms with Crippen molar-refractivity contribution in [2.24, 2.45) is 13.0 Å². The molecule has 4 aromatic heterocycles. The van der Waals surface area contributed by atoms with Gasteiger partial charge < -0.3 is 10.1 Å². The van der Waals surface area contributed by atoms with Gasteiger partial charge in [0.2, 0.25) is 15.9 Å². The van der Waals surface area contributed by atoms with Crippen molar-refractivity contribution in [1.82, 2.24) is 39.4 Å². The summed E-state index contributed by atoms with van der Waals surface area (Å²) >= 11 is 6.60. The van der Waals surface area contributed by atoms with E-state index in [0.29, 0.717) is 10.7 Å². The van der Waals surface area contributed by atoms with Gasteiger partial charge in [0.1, 0.15) is 35.4 Å². The molecule has 0 radical (unpaired) electrons. The first-order valence-corrected chi connectivity index (χ1v) is 21.5. The molecule has 2 aliphatic carbocycles. The van der Waals surface area contributed by atoms with Crippen LogP contribution in [0.5, 0.6) is 5.75 Å². The molecular weight excluding hydrogens is 918 g/mol. The van der Waals surface area contributed by atoms with Crippen LogP contribution in [0.3, 0.4) is 0 Å². The number of hydrogen-bond donors (Lipinski definition) is 2. The molecule has 338 valence electrons. The molecule has 3 atom stereocenters. The molecule has 0 spiro atoms. The van der Waals surface area contributed by atoms with Crippen LogP contribution in [-0.2, 0) is 40.8 Å². The Morgan fingerprint density at radius 3 is 2.42 bits per heavy atom. The number of carbonyl (C=O) groups excluding carboxylic acids is 1. The second kappa shape index (κ2) is 15.5. The number of halogens is 9. The van der Waals surface area contributed by atoms with Crippen molar-refractivity contribution >= 4 is 55.3 Å². The van der Waals surface area contributed by atoms with Gasteiger partial charge in [-0.1, -0.05) is 11.6 Å². The summed E-state index contributed by atoms with van der Waals surface area (Å²) < 4.78 is 153. The van der Waals surface area contributed by atoms with Gasteiger partial charge in [0.25, 0.3) is 17.9 Å². The van der Waals surface area contributed by atoms with Gasteiger partial charge in [-0.05, 0) is 66.4 Å². The Labute approximate surface area is 365 Å². The quantitative estimate of drug-likeness (QED) is 0.119. The fraction of sp³-hybridized carbons (Fsp3) is 0.268. The zero-order chi connectivity index (χ0) is 46.6. The second-order valence-electron chi connectivity index (χ2n) is 15.5. The third-order valence-electron chi connectivity index (χ3n) is 11.2. The van der Waals surface area contributed by atoms with Gasteiger partial charge in [0.15, 0.2) is 28.8 Å². The number of alkyl halides is 4. The maximum absolute atomic E-state index is 15.6. The minimum atomic E-state index is -3.97. The predicted molar refractivity (Wildman–Crippen MR) is 218 cm³/mol. The second-order valence-corrected chi connectivity index (χ2v) is 17.7. The molecule has 2 aliphatic rings. The van der Waals surface area contributed by atoms with E-state index in [9.17, 15) is 40.0 Å². The minimum Gasteiger partial charge on any atom is -0.491 e. The SMILES string of the molecule is COc1c(F)ccc(-c2ccc3c(=O)n(-c4ccc(Cl)c5c(NS(C)(=O)=O)nn(C)c45)c([C@H](Cc4cc(F)cc(F)c4)NC(=O)Cn4nc(C(F)F)c5c4C(F)(F)[C@@H]4C[C@H]54)nc3n2)c1F. The van der Waals surface area contributed by atoms with Crippen LogP contribution in [0.4, 0.5) is 40.9 Å². The Morgan fingerprint density at radius 2 is 1.74 bits per heavy atom. The van der Waals surface area contributed by atoms with E-state index in [1.807, 2.05) is 0 Å². The molecule has 14 nitrogen and oxygen atoms in total. The normalized spacial score (nSPS) is 16.8. The highest BCUT2D eigenvalue weighted by molar-refractivity contribution is 7.92. The minimum absolute atomic E-state index is 0.00696. The summed E-state index contributed by atoms with van der Waals surface area (Å²) in [4.78, 5) is 38.2. The monoisotopic (exact) mass is 947 g/mol. The molecule has 65 heavy (non-hydrogen) atoms. The lowest BCUT2D eigenvalue weighted by atomic mass is 10.0. The molecule has 1 fully saturated rings. The van der Waals surface area contributed by atoms with Gasteiger partial charge in [-0.2, -0.15) is 19.0 Å². The van der Waals surface area contributed by atoms with Crippen molar-refractivity contribution in [1.29, 1.82) is 0 Å². The summed E-state index contributed by atoms with van der Waals surface area (Å²) in [6.07, 6.45) is -3.04. The third-order valence-corrected chi connectivity index (χ3v) is 12.1. The molecule has 0 aliphatic heterocycles. The van der Waals surface area contributed by atoms with Crippen molar-refractivity contribution in [2.75, 3.05) is 18.1 Å². The van der Waals surface area contributed by atoms with Crippen molar-refractivity contribution in [3.8, 4) is 22.7 Å². The number of amides is 1. The highest BCUT2D eigenvalue weighted by Gasteiger charge is 2.67. The number of fused-ring (bicyclic) bond motifs is 5. The number of pyridine rings is 1. The summed E-state index contributed by atoms with van der Waals surface area (Å²) in [5.74, 6) is -12.7. The van der Waals surface area contributed by atoms with Gasteiger partial charge in [-0.15, -0.1) is 0 Å². The van der Waals surface area contributed by atoms with E-state index in [1.54, 1.807) is 0 Å². The first kappa shape index (κ1) is 43.6. The molecule has 2 N–H and O–H groups in total. The molecule has 0 unspecified atom stereocenters. The molecular formula is C41H30ClF8N9O5S. The molecule has 24 heteroatoms. The van der Waals surface area contributed by atoms with Crippen molar-refractivity contribution in [3.63, 3.8) is 0 Å². The average molecular weight is 948 g/mol. The fourth-order valence-corrected chi connectivity index (χ4v) is 9.26. The zero-order valence-corrected chi connectivity index (χ0v) is 35.2. The van der Waals surface area contributed by atoms with Crippen LogP contribution in [0.1, 0.15) is 53.1 Å². The standard InChI is InChI=1S/C41H30ClF8N9O5S/c1-57-33-27(9-6-23(42)30(33)38(55-57)56-65(3,62)63)59-39(53-37-20(40(59)61)5-8-25(52-37)19-4-7-24(45)34(64-2)31(19)46)26(12-16-10-17(43)13-18(44)11-16)51-28(60)15-58-35-29(32(54-58)36(47)48)21-14-22(21)41(35,49)50/h4-11,13,21-22,26,36H,12,14-15H2,1-3H3,(H,51,60)(H,55,56)/t21-,22+,26-/m0/s1. The highest BCUT2D eigenvalue weighted by atomic mass is 35.5. The van der Waals surface area contributed by atoms with Crippen molar-refractivity contribution in [3.05, 3.63) is 122 Å². The van der Waals surface area contributed by atoms with Crippen LogP contribution in [0.2, 0.25) is 5.02 Å². The summed E-state index contributed by atoms with van der Waals surface area (Å²) in [6.45, 7) is -1.07. The Balaban J connectivity index is 1.27. The van der Waals surface area contributed by atoms with Gasteiger partial charge in [-0.25, -0.2) is 44.7 Å². The van der Waals surface area contributed by atoms with Crippen LogP contribution in [0.25, 0.3) is 38.9 Å². The Kier molecular flexibility index (Phi) is 10.4. The van der Waals surface area contributed by atoms with Gasteiger partial charge in [0.05, 0.1) is 52.1 Å². The summed E-state index contributed by atoms with van der Waals surface area (Å²) in [6, 6.07) is 7.71. The molecule has 9 rings (SSSR count). The van der Waals surface area contributed by atoms with Gasteiger partial charge in [0, 0.05) is 36.6 Å². The number of benzene rings is 3. The highest BCUT2D eigenvalue weighted by Crippen LogP contribution is 2.68. The molecule has 4 heterocycles. The van der Waals surface area contributed by atoms with Gasteiger partial charge >= 0.3 is 0 Å². The number of methoxy groups -OCH3 is 1. The van der Waals surface area contributed by atoms with E-state index in [2.05, 4.69) is 30.2 Å². The third kappa shape index (κ3) is 7.48. The van der Waals surface area contributed by atoms with Crippen molar-refractivity contribution < 1.29 is 53.1 Å². The predicted octanol–water partition coefficient (Wildman–Crippen LogP) is 7.37. The zero-order valence-electron chi connectivity index (χ0n) is 33.6. The maximum Gasteiger partial charge on any atom is 0.293 e. The summed E-state index contributed by atoms with van der Waals surface area (Å²) in [5.41, 5.74) is -4.17. The molecule has 1 amide bonds. The number of rotatable bonds is 12. The van der Waals surface area contributed by atoms with Crippen LogP contribution in [-0.4, -0.2) is 61.8 Å². The van der Waals surface area contributed by atoms with Crippen LogP contribution < -0.4 is 20.3 Å². The average Bonchev–Trinajstić information content (AvgIpc) is 3.76. The molecule has 0 bridgehead atoms. The molecule has 3 aromatic carbocycles. The van der Waals surface area contributed by atoms with Crippen LogP contribution in [0.15, 0.2) is 59.4 Å². The number of aromatic nitrogens is 7. The Morgan fingerprint density at radius 1 is 1.02 bits per heavy atom. The number of carbonyl (C=O) groups is 1. The van der Waals surface area contributed by atoms with E-state index < -0.39 is 117 Å². The lowest BCUT2D eigenvalue weighted by Crippen LogP contribution is -2.38. The number of aryl methyl sites for hydroxylation is 1. The first-order valence-electron chi connectivity index (χ1n) is 19.3. The van der Waals surface area contributed by atoms with Crippen LogP contribution in [0, 0.1) is 29.2 Å². The Bertz CT molecular complexity index is 3320. The van der Waals surface area contributed by atoms with Gasteiger partial charge in [-0.3, -0.25) is 28.2 Å². The fourth-order valence-electron chi connectivity index (χ4n) is 8.53. The van der Waals surface area contributed by atoms with E-state index in [4.69, 9.17) is 16.3 Å². The maximum atomic E-state index is 15.6. The molecule has 1 saturated carbocycles. The Hall–Kier alpha value is -6.62. The number of nitrogens with one attached hydrogen (secondary N) is 2. The largest absolute Gasteiger partial charge is 0.491 e.